The Hall–Kier alpha value is -1.44. The highest BCUT2D eigenvalue weighted by Gasteiger charge is 2.00. The van der Waals surface area contributed by atoms with Crippen molar-refractivity contribution in [3.8, 4) is 0 Å². The Kier molecular flexibility index (Phi) is 3.57. The zero-order valence-electron chi connectivity index (χ0n) is 8.99. The molecule has 0 amide bonds. The lowest BCUT2D eigenvalue weighted by atomic mass is 10.1. The Balaban J connectivity index is 2.99. The smallest absolute Gasteiger partial charge is 0.118 e. The molecule has 14 heavy (non-hydrogen) atoms. The summed E-state index contributed by atoms with van der Waals surface area (Å²) in [5.74, 6) is 0.358. The van der Waals surface area contributed by atoms with Crippen molar-refractivity contribution in [1.29, 1.82) is 0 Å². The van der Waals surface area contributed by atoms with Crippen LogP contribution in [0, 0.1) is 0 Å². The third-order valence-corrected chi connectivity index (χ3v) is 2.06. The van der Waals surface area contributed by atoms with Gasteiger partial charge in [0.15, 0.2) is 0 Å². The fraction of sp³-hybridized carbons (Fsp3) is 0.333. The fourth-order valence-electron chi connectivity index (χ4n) is 1.25. The van der Waals surface area contributed by atoms with Gasteiger partial charge in [-0.25, -0.2) is 0 Å². The highest BCUT2D eigenvalue weighted by Crippen LogP contribution is 2.18. The second-order valence-corrected chi connectivity index (χ2v) is 3.44. The van der Waals surface area contributed by atoms with Crippen LogP contribution in [0.1, 0.15) is 18.9 Å². The molecule has 0 spiro atoms. The first-order valence-electron chi connectivity index (χ1n) is 4.82. The number of rotatable bonds is 3. The van der Waals surface area contributed by atoms with Gasteiger partial charge in [0, 0.05) is 25.3 Å². The Bertz CT molecular complexity index is 329. The second kappa shape index (κ2) is 4.70. The predicted octanol–water partition coefficient (Wildman–Crippen LogP) is 3.06. The summed E-state index contributed by atoms with van der Waals surface area (Å²) in [5, 5.41) is 9.67. The summed E-state index contributed by atoms with van der Waals surface area (Å²) in [6.45, 7) is 2.01. The van der Waals surface area contributed by atoms with Gasteiger partial charge in [0.1, 0.15) is 5.76 Å². The number of hydrogen-bond donors (Lipinski definition) is 1. The highest BCUT2D eigenvalue weighted by molar-refractivity contribution is 5.63. The zero-order chi connectivity index (χ0) is 10.6. The van der Waals surface area contributed by atoms with Crippen LogP contribution in [-0.4, -0.2) is 19.2 Å². The molecule has 0 heterocycles. The van der Waals surface area contributed by atoms with Gasteiger partial charge in [0.05, 0.1) is 0 Å². The number of anilines is 1. The van der Waals surface area contributed by atoms with E-state index in [4.69, 9.17) is 0 Å². The van der Waals surface area contributed by atoms with Crippen molar-refractivity contribution in [2.24, 2.45) is 0 Å². The number of aliphatic hydroxyl groups is 1. The third kappa shape index (κ3) is 2.52. The van der Waals surface area contributed by atoms with Gasteiger partial charge in [-0.2, -0.15) is 0 Å². The first kappa shape index (κ1) is 10.6. The maximum absolute atomic E-state index is 9.67. The van der Waals surface area contributed by atoms with Gasteiger partial charge >= 0.3 is 0 Å². The van der Waals surface area contributed by atoms with Crippen molar-refractivity contribution in [2.45, 2.75) is 13.3 Å². The van der Waals surface area contributed by atoms with Gasteiger partial charge in [-0.05, 0) is 24.6 Å². The lowest BCUT2D eigenvalue weighted by Crippen LogP contribution is -2.08. The maximum atomic E-state index is 9.67. The first-order chi connectivity index (χ1) is 6.65. The van der Waals surface area contributed by atoms with Gasteiger partial charge < -0.3 is 10.0 Å². The molecule has 0 saturated carbocycles. The molecule has 0 fully saturated rings. The molecule has 0 radical (unpaired) electrons. The Labute approximate surface area is 85.5 Å². The summed E-state index contributed by atoms with van der Waals surface area (Å²) in [5.41, 5.74) is 1.97. The van der Waals surface area contributed by atoms with E-state index in [1.165, 1.54) is 0 Å². The van der Waals surface area contributed by atoms with Crippen LogP contribution in [0.2, 0.25) is 0 Å². The van der Waals surface area contributed by atoms with E-state index in [9.17, 15) is 5.11 Å². The van der Waals surface area contributed by atoms with Crippen molar-refractivity contribution in [1.82, 2.24) is 0 Å². The fourth-order valence-corrected chi connectivity index (χ4v) is 1.25. The largest absolute Gasteiger partial charge is 0.508 e. The molecule has 0 bridgehead atoms. The summed E-state index contributed by atoms with van der Waals surface area (Å²) in [7, 11) is 3.97. The van der Waals surface area contributed by atoms with Crippen molar-refractivity contribution in [2.75, 3.05) is 19.0 Å². The van der Waals surface area contributed by atoms with Crippen molar-refractivity contribution >= 4 is 11.4 Å². The first-order valence-corrected chi connectivity index (χ1v) is 4.82. The zero-order valence-corrected chi connectivity index (χ0v) is 8.99. The van der Waals surface area contributed by atoms with E-state index in [-0.39, 0.29) is 0 Å². The van der Waals surface area contributed by atoms with Crippen LogP contribution in [-0.2, 0) is 0 Å². The molecule has 0 aliphatic heterocycles. The average molecular weight is 191 g/mol. The topological polar surface area (TPSA) is 23.5 Å². The summed E-state index contributed by atoms with van der Waals surface area (Å²) in [4.78, 5) is 2.02. The predicted molar refractivity (Wildman–Crippen MR) is 61.7 cm³/mol. The van der Waals surface area contributed by atoms with E-state index in [0.717, 1.165) is 17.7 Å². The molecule has 0 aliphatic rings. The van der Waals surface area contributed by atoms with E-state index < -0.39 is 0 Å². The quantitative estimate of drug-likeness (QED) is 0.742. The SMILES string of the molecule is CCC=C(O)c1cccc(N(C)C)c1. The highest BCUT2D eigenvalue weighted by atomic mass is 16.3. The average Bonchev–Trinajstić information content (AvgIpc) is 2.18. The van der Waals surface area contributed by atoms with Gasteiger partial charge in [-0.15, -0.1) is 0 Å². The number of allylic oxidation sites excluding steroid dienone is 1. The van der Waals surface area contributed by atoms with Crippen LogP contribution in [0.4, 0.5) is 5.69 Å². The normalized spacial score (nSPS) is 11.5. The molecule has 2 heteroatoms. The molecule has 0 saturated heterocycles. The second-order valence-electron chi connectivity index (χ2n) is 3.44. The number of benzene rings is 1. The third-order valence-electron chi connectivity index (χ3n) is 2.06. The molecule has 1 N–H and O–H groups in total. The molecule has 1 aromatic carbocycles. The molecule has 1 aromatic rings. The van der Waals surface area contributed by atoms with Crippen molar-refractivity contribution < 1.29 is 5.11 Å². The minimum absolute atomic E-state index is 0.358. The van der Waals surface area contributed by atoms with Crippen LogP contribution in [0.5, 0.6) is 0 Å². The summed E-state index contributed by atoms with van der Waals surface area (Å²) in [6, 6.07) is 7.85. The molecule has 0 unspecified atom stereocenters. The van der Waals surface area contributed by atoms with Crippen molar-refractivity contribution in [3.63, 3.8) is 0 Å². The van der Waals surface area contributed by atoms with Crippen LogP contribution in [0.3, 0.4) is 0 Å². The van der Waals surface area contributed by atoms with Gasteiger partial charge in [-0.3, -0.25) is 0 Å². The van der Waals surface area contributed by atoms with Crippen LogP contribution in [0.15, 0.2) is 30.3 Å². The Morgan fingerprint density at radius 2 is 2.14 bits per heavy atom. The standard InChI is InChI=1S/C12H17NO/c1-4-6-12(14)10-7-5-8-11(9-10)13(2)3/h5-9,14H,4H2,1-3H3. The summed E-state index contributed by atoms with van der Waals surface area (Å²) in [6.07, 6.45) is 2.66. The summed E-state index contributed by atoms with van der Waals surface area (Å²) >= 11 is 0. The number of nitrogens with zero attached hydrogens (tertiary/aromatic N) is 1. The van der Waals surface area contributed by atoms with E-state index in [1.54, 1.807) is 0 Å². The van der Waals surface area contributed by atoms with Gasteiger partial charge in [0.2, 0.25) is 0 Å². The van der Waals surface area contributed by atoms with E-state index in [1.807, 2.05) is 56.3 Å². The lowest BCUT2D eigenvalue weighted by Gasteiger charge is -2.13. The number of hydrogen-bond acceptors (Lipinski definition) is 2. The number of aliphatic hydroxyl groups excluding tert-OH is 1. The summed E-state index contributed by atoms with van der Waals surface area (Å²) < 4.78 is 0. The molecule has 0 aromatic heterocycles. The van der Waals surface area contributed by atoms with Gasteiger partial charge in [0.25, 0.3) is 0 Å². The van der Waals surface area contributed by atoms with E-state index >= 15 is 0 Å². The minimum atomic E-state index is 0.358. The van der Waals surface area contributed by atoms with Gasteiger partial charge in [-0.1, -0.05) is 19.1 Å². The lowest BCUT2D eigenvalue weighted by molar-refractivity contribution is 0.509. The molecular weight excluding hydrogens is 174 g/mol. The molecule has 76 valence electrons. The Morgan fingerprint density at radius 1 is 1.43 bits per heavy atom. The molecular formula is C12H17NO. The maximum Gasteiger partial charge on any atom is 0.118 e. The van der Waals surface area contributed by atoms with Crippen molar-refractivity contribution in [3.05, 3.63) is 35.9 Å². The molecule has 0 atom stereocenters. The van der Waals surface area contributed by atoms with E-state index in [0.29, 0.717) is 5.76 Å². The van der Waals surface area contributed by atoms with Crippen LogP contribution < -0.4 is 4.90 Å². The van der Waals surface area contributed by atoms with Crippen LogP contribution >= 0.6 is 0 Å². The van der Waals surface area contributed by atoms with E-state index in [2.05, 4.69) is 0 Å². The Morgan fingerprint density at radius 3 is 2.71 bits per heavy atom. The molecule has 0 aliphatic carbocycles. The molecule has 1 rings (SSSR count). The minimum Gasteiger partial charge on any atom is -0.508 e. The molecule has 2 nitrogen and oxygen atoms in total. The monoisotopic (exact) mass is 191 g/mol. The van der Waals surface area contributed by atoms with Crippen LogP contribution in [0.25, 0.3) is 5.76 Å².